The molecule has 0 aromatic carbocycles. The van der Waals surface area contributed by atoms with Crippen molar-refractivity contribution in [1.82, 2.24) is 30.3 Å². The summed E-state index contributed by atoms with van der Waals surface area (Å²) in [7, 11) is 0. The van der Waals surface area contributed by atoms with E-state index >= 15 is 0 Å². The van der Waals surface area contributed by atoms with Crippen molar-refractivity contribution >= 4 is 22.1 Å². The van der Waals surface area contributed by atoms with Gasteiger partial charge in [-0.2, -0.15) is 13.2 Å². The van der Waals surface area contributed by atoms with Crippen molar-refractivity contribution in [3.8, 4) is 0 Å². The highest BCUT2D eigenvalue weighted by Gasteiger charge is 2.32. The van der Waals surface area contributed by atoms with Crippen molar-refractivity contribution in [2.75, 3.05) is 6.54 Å². The molecule has 3 aromatic rings. The summed E-state index contributed by atoms with van der Waals surface area (Å²) in [5.74, 6) is 0. The Kier molecular flexibility index (Phi) is 3.26. The van der Waals surface area contributed by atoms with E-state index in [-0.39, 0.29) is 12.1 Å². The Morgan fingerprint density at radius 1 is 1.35 bits per heavy atom. The van der Waals surface area contributed by atoms with Gasteiger partial charge in [-0.25, -0.2) is 9.67 Å². The van der Waals surface area contributed by atoms with Crippen LogP contribution >= 0.6 is 0 Å². The molecule has 122 valence electrons. The van der Waals surface area contributed by atoms with Gasteiger partial charge >= 0.3 is 6.18 Å². The van der Waals surface area contributed by atoms with E-state index in [9.17, 15) is 13.2 Å². The van der Waals surface area contributed by atoms with Crippen LogP contribution in [0.5, 0.6) is 0 Å². The molecule has 2 N–H and O–H groups in total. The molecule has 1 fully saturated rings. The minimum atomic E-state index is -4.18. The zero-order valence-corrected chi connectivity index (χ0v) is 12.1. The van der Waals surface area contributed by atoms with Crippen LogP contribution in [-0.4, -0.2) is 43.7 Å². The molecule has 0 saturated heterocycles. The Labute approximate surface area is 129 Å². The van der Waals surface area contributed by atoms with Crippen LogP contribution in [0.4, 0.5) is 13.2 Å². The van der Waals surface area contributed by atoms with Gasteiger partial charge in [0.2, 0.25) is 0 Å². The van der Waals surface area contributed by atoms with Crippen LogP contribution in [0.1, 0.15) is 25.3 Å². The highest BCUT2D eigenvalue weighted by Crippen LogP contribution is 2.33. The summed E-state index contributed by atoms with van der Waals surface area (Å²) in [4.78, 5) is 7.32. The molecule has 3 heterocycles. The Hall–Kier alpha value is -2.16. The summed E-state index contributed by atoms with van der Waals surface area (Å²) in [6.07, 6.45) is 1.37. The Balaban J connectivity index is 1.59. The number of hydrogen-bond acceptors (Lipinski definition) is 4. The summed E-state index contributed by atoms with van der Waals surface area (Å²) < 4.78 is 38.8. The van der Waals surface area contributed by atoms with Crippen molar-refractivity contribution in [3.05, 3.63) is 18.5 Å². The summed E-state index contributed by atoms with van der Waals surface area (Å²) >= 11 is 0. The SMILES string of the molecule is FC(F)(F)CNC1CCC(n2nnc3cnc4[nH]ccc4c32)C1. The van der Waals surface area contributed by atoms with Gasteiger partial charge in [0.05, 0.1) is 18.8 Å². The second kappa shape index (κ2) is 5.19. The number of alkyl halides is 3. The Morgan fingerprint density at radius 2 is 2.22 bits per heavy atom. The molecule has 0 bridgehead atoms. The van der Waals surface area contributed by atoms with E-state index in [2.05, 4.69) is 25.6 Å². The van der Waals surface area contributed by atoms with Crippen molar-refractivity contribution in [2.45, 2.75) is 37.5 Å². The molecule has 23 heavy (non-hydrogen) atoms. The monoisotopic (exact) mass is 324 g/mol. The topological polar surface area (TPSA) is 71.4 Å². The van der Waals surface area contributed by atoms with Gasteiger partial charge in [0.25, 0.3) is 0 Å². The predicted molar refractivity (Wildman–Crippen MR) is 77.9 cm³/mol. The number of aromatic amines is 1. The highest BCUT2D eigenvalue weighted by molar-refractivity contribution is 6.00. The molecule has 2 unspecified atom stereocenters. The number of rotatable bonds is 3. The van der Waals surface area contributed by atoms with Crippen molar-refractivity contribution in [1.29, 1.82) is 0 Å². The van der Waals surface area contributed by atoms with E-state index in [1.807, 2.05) is 10.7 Å². The first-order chi connectivity index (χ1) is 11.0. The molecule has 1 aliphatic carbocycles. The minimum Gasteiger partial charge on any atom is -0.346 e. The molecule has 1 aliphatic rings. The number of nitrogens with zero attached hydrogens (tertiary/aromatic N) is 4. The maximum atomic E-state index is 12.3. The van der Waals surface area contributed by atoms with Gasteiger partial charge in [0.1, 0.15) is 16.7 Å². The quantitative estimate of drug-likeness (QED) is 0.777. The molecule has 2 atom stereocenters. The molecule has 0 radical (unpaired) electrons. The molecule has 6 nitrogen and oxygen atoms in total. The smallest absolute Gasteiger partial charge is 0.346 e. The zero-order valence-electron chi connectivity index (χ0n) is 12.1. The van der Waals surface area contributed by atoms with Crippen molar-refractivity contribution < 1.29 is 13.2 Å². The number of H-pyrrole nitrogens is 1. The molecule has 1 saturated carbocycles. The Morgan fingerprint density at radius 3 is 3.04 bits per heavy atom. The number of aromatic nitrogens is 5. The fourth-order valence-electron chi connectivity index (χ4n) is 3.32. The van der Waals surface area contributed by atoms with Crippen molar-refractivity contribution in [2.24, 2.45) is 0 Å². The average molecular weight is 324 g/mol. The number of pyridine rings is 1. The first-order valence-corrected chi connectivity index (χ1v) is 7.48. The average Bonchev–Trinajstić information content (AvgIpc) is 3.21. The van der Waals surface area contributed by atoms with E-state index in [0.717, 1.165) is 23.0 Å². The number of nitrogens with one attached hydrogen (secondary N) is 2. The lowest BCUT2D eigenvalue weighted by Gasteiger charge is -2.15. The van der Waals surface area contributed by atoms with Gasteiger partial charge in [-0.1, -0.05) is 5.21 Å². The number of fused-ring (bicyclic) bond motifs is 3. The largest absolute Gasteiger partial charge is 0.401 e. The third kappa shape index (κ3) is 2.65. The lowest BCUT2D eigenvalue weighted by molar-refractivity contribution is -0.126. The van der Waals surface area contributed by atoms with Crippen LogP contribution in [0.25, 0.3) is 22.1 Å². The third-order valence-corrected chi connectivity index (χ3v) is 4.36. The fourth-order valence-corrected chi connectivity index (χ4v) is 3.32. The normalized spacial score (nSPS) is 22.4. The molecule has 9 heteroatoms. The van der Waals surface area contributed by atoms with Gasteiger partial charge in [0.15, 0.2) is 0 Å². The van der Waals surface area contributed by atoms with Gasteiger partial charge in [0, 0.05) is 17.6 Å². The molecular formula is C14H15F3N6. The first kappa shape index (κ1) is 14.4. The summed E-state index contributed by atoms with van der Waals surface area (Å²) in [5, 5.41) is 11.9. The lowest BCUT2D eigenvalue weighted by Crippen LogP contribution is -2.35. The first-order valence-electron chi connectivity index (χ1n) is 7.48. The van der Waals surface area contributed by atoms with Crippen LogP contribution < -0.4 is 5.32 Å². The molecule has 0 spiro atoms. The molecule has 4 rings (SSSR count). The van der Waals surface area contributed by atoms with Crippen LogP contribution in [0.3, 0.4) is 0 Å². The van der Waals surface area contributed by atoms with E-state index in [1.165, 1.54) is 0 Å². The third-order valence-electron chi connectivity index (χ3n) is 4.36. The maximum absolute atomic E-state index is 12.3. The predicted octanol–water partition coefficient (Wildman–Crippen LogP) is 2.55. The maximum Gasteiger partial charge on any atom is 0.401 e. The lowest BCUT2D eigenvalue weighted by atomic mass is 10.2. The second-order valence-electron chi connectivity index (χ2n) is 5.93. The van der Waals surface area contributed by atoms with E-state index in [4.69, 9.17) is 0 Å². The summed E-state index contributed by atoms with van der Waals surface area (Å²) in [5.41, 5.74) is 2.34. The highest BCUT2D eigenvalue weighted by atomic mass is 19.4. The van der Waals surface area contributed by atoms with E-state index in [1.54, 1.807) is 12.4 Å². The molecule has 0 amide bonds. The van der Waals surface area contributed by atoms with E-state index < -0.39 is 12.7 Å². The number of hydrogen-bond donors (Lipinski definition) is 2. The van der Waals surface area contributed by atoms with Gasteiger partial charge in [-0.05, 0) is 25.3 Å². The fraction of sp³-hybridized carbons (Fsp3) is 0.500. The van der Waals surface area contributed by atoms with Crippen LogP contribution in [0.15, 0.2) is 18.5 Å². The molecule has 0 aliphatic heterocycles. The molecule has 3 aromatic heterocycles. The van der Waals surface area contributed by atoms with Crippen LogP contribution in [0, 0.1) is 0 Å². The van der Waals surface area contributed by atoms with Gasteiger partial charge in [-0.3, -0.25) is 0 Å². The molecular weight excluding hydrogens is 309 g/mol. The summed E-state index contributed by atoms with van der Waals surface area (Å²) in [6.45, 7) is -0.950. The van der Waals surface area contributed by atoms with Crippen LogP contribution in [0.2, 0.25) is 0 Å². The van der Waals surface area contributed by atoms with Gasteiger partial charge < -0.3 is 10.3 Å². The van der Waals surface area contributed by atoms with E-state index in [0.29, 0.717) is 18.4 Å². The summed E-state index contributed by atoms with van der Waals surface area (Å²) in [6, 6.07) is 1.81. The van der Waals surface area contributed by atoms with Crippen molar-refractivity contribution in [3.63, 3.8) is 0 Å². The number of halogens is 3. The van der Waals surface area contributed by atoms with Gasteiger partial charge in [-0.15, -0.1) is 5.10 Å². The van der Waals surface area contributed by atoms with Crippen LogP contribution in [-0.2, 0) is 0 Å². The Bertz CT molecular complexity index is 836. The minimum absolute atomic E-state index is 0.0474. The second-order valence-corrected chi connectivity index (χ2v) is 5.93. The standard InChI is InChI=1S/C14H15F3N6/c15-14(16,17)7-20-8-1-2-9(5-8)23-12-10-3-4-18-13(10)19-6-11(12)21-22-23/h3-4,6,8-9,20H,1-2,5,7H2,(H,18,19). The zero-order chi connectivity index (χ0) is 16.0.